The van der Waals surface area contributed by atoms with E-state index in [4.69, 9.17) is 9.15 Å². The predicted octanol–water partition coefficient (Wildman–Crippen LogP) is 3.46. The fraction of sp³-hybridized carbons (Fsp3) is 0.467. The van der Waals surface area contributed by atoms with Gasteiger partial charge in [0.15, 0.2) is 0 Å². The summed E-state index contributed by atoms with van der Waals surface area (Å²) in [5.74, 6) is 0.881. The third-order valence-electron chi connectivity index (χ3n) is 3.14. The minimum absolute atomic E-state index is 0.0293. The Kier molecular flexibility index (Phi) is 3.35. The lowest BCUT2D eigenvalue weighted by atomic mass is 9.85. The third-order valence-corrected chi connectivity index (χ3v) is 3.14. The molecule has 0 aliphatic heterocycles. The highest BCUT2D eigenvalue weighted by atomic mass is 16.5. The van der Waals surface area contributed by atoms with Crippen LogP contribution in [0.15, 0.2) is 22.8 Å². The number of hydrogen-bond acceptors (Lipinski definition) is 3. The van der Waals surface area contributed by atoms with E-state index in [-0.39, 0.29) is 5.41 Å². The largest absolute Gasteiger partial charge is 0.497 e. The molecule has 0 saturated carbocycles. The molecule has 1 aromatic heterocycles. The molecule has 1 heterocycles. The van der Waals surface area contributed by atoms with Crippen LogP contribution in [0.3, 0.4) is 0 Å². The Bertz CT molecular complexity index is 549. The molecular weight excluding hydrogens is 226 g/mol. The van der Waals surface area contributed by atoms with Gasteiger partial charge in [-0.05, 0) is 24.6 Å². The lowest BCUT2D eigenvalue weighted by Crippen LogP contribution is -2.11. The third kappa shape index (κ3) is 2.23. The van der Waals surface area contributed by atoms with Crippen molar-refractivity contribution in [3.63, 3.8) is 0 Å². The highest BCUT2D eigenvalue weighted by Crippen LogP contribution is 2.36. The Morgan fingerprint density at radius 1 is 1.28 bits per heavy atom. The molecule has 0 spiro atoms. The summed E-state index contributed by atoms with van der Waals surface area (Å²) in [6.07, 6.45) is 1.83. The van der Waals surface area contributed by atoms with Crippen molar-refractivity contribution in [3.05, 3.63) is 29.5 Å². The van der Waals surface area contributed by atoms with Gasteiger partial charge in [-0.1, -0.05) is 20.8 Å². The molecule has 0 unspecified atom stereocenters. The first-order valence-corrected chi connectivity index (χ1v) is 6.20. The molecule has 98 valence electrons. The van der Waals surface area contributed by atoms with Gasteiger partial charge >= 0.3 is 0 Å². The highest BCUT2D eigenvalue weighted by Gasteiger charge is 2.21. The minimum atomic E-state index is 0.0293. The zero-order valence-corrected chi connectivity index (χ0v) is 11.8. The molecular formula is C15H21NO2. The molecule has 0 aliphatic rings. The van der Waals surface area contributed by atoms with Crippen LogP contribution in [0.2, 0.25) is 0 Å². The smallest absolute Gasteiger partial charge is 0.138 e. The van der Waals surface area contributed by atoms with Crippen LogP contribution in [0, 0.1) is 0 Å². The van der Waals surface area contributed by atoms with Crippen molar-refractivity contribution >= 4 is 11.0 Å². The van der Waals surface area contributed by atoms with Crippen molar-refractivity contribution in [1.82, 2.24) is 5.32 Å². The van der Waals surface area contributed by atoms with E-state index in [9.17, 15) is 0 Å². The summed E-state index contributed by atoms with van der Waals surface area (Å²) in [5, 5.41) is 4.29. The van der Waals surface area contributed by atoms with Crippen molar-refractivity contribution in [1.29, 1.82) is 0 Å². The van der Waals surface area contributed by atoms with E-state index < -0.39 is 0 Å². The van der Waals surface area contributed by atoms with Crippen LogP contribution < -0.4 is 10.1 Å². The standard InChI is InChI=1S/C15H21NO2/c1-15(2,3)13-7-11(17-5)6-12-10(8-16-4)9-18-14(12)13/h6-7,9,16H,8H2,1-5H3. The maximum Gasteiger partial charge on any atom is 0.138 e. The lowest BCUT2D eigenvalue weighted by molar-refractivity contribution is 0.413. The molecule has 1 N–H and O–H groups in total. The zero-order chi connectivity index (χ0) is 13.3. The van der Waals surface area contributed by atoms with Crippen LogP contribution in [-0.4, -0.2) is 14.2 Å². The number of benzene rings is 1. The van der Waals surface area contributed by atoms with Crippen molar-refractivity contribution in [2.45, 2.75) is 32.7 Å². The highest BCUT2D eigenvalue weighted by molar-refractivity contribution is 5.86. The Labute approximate surface area is 108 Å². The van der Waals surface area contributed by atoms with Crippen LogP contribution in [0.4, 0.5) is 0 Å². The molecule has 0 saturated heterocycles. The van der Waals surface area contributed by atoms with Crippen LogP contribution in [0.25, 0.3) is 11.0 Å². The maximum absolute atomic E-state index is 5.76. The first kappa shape index (κ1) is 13.0. The number of hydrogen-bond donors (Lipinski definition) is 1. The van der Waals surface area contributed by atoms with E-state index in [1.165, 1.54) is 5.56 Å². The second kappa shape index (κ2) is 4.65. The SMILES string of the molecule is CNCc1coc2c(C(C)(C)C)cc(OC)cc12. The molecule has 0 bridgehead atoms. The molecule has 0 amide bonds. The minimum Gasteiger partial charge on any atom is -0.497 e. The Morgan fingerprint density at radius 3 is 2.56 bits per heavy atom. The van der Waals surface area contributed by atoms with E-state index in [2.05, 4.69) is 32.2 Å². The van der Waals surface area contributed by atoms with Crippen molar-refractivity contribution in [3.8, 4) is 5.75 Å². The van der Waals surface area contributed by atoms with Crippen LogP contribution in [0.1, 0.15) is 31.9 Å². The number of ether oxygens (including phenoxy) is 1. The summed E-state index contributed by atoms with van der Waals surface area (Å²) in [5.41, 5.74) is 3.34. The summed E-state index contributed by atoms with van der Waals surface area (Å²) in [6.45, 7) is 7.34. The van der Waals surface area contributed by atoms with Gasteiger partial charge in [0.25, 0.3) is 0 Å². The summed E-state index contributed by atoms with van der Waals surface area (Å²) >= 11 is 0. The topological polar surface area (TPSA) is 34.4 Å². The second-order valence-electron chi connectivity index (χ2n) is 5.59. The zero-order valence-electron chi connectivity index (χ0n) is 11.8. The van der Waals surface area contributed by atoms with Gasteiger partial charge in [-0.15, -0.1) is 0 Å². The molecule has 18 heavy (non-hydrogen) atoms. The van der Waals surface area contributed by atoms with Crippen LogP contribution in [0.5, 0.6) is 5.75 Å². The van der Waals surface area contributed by atoms with Crippen molar-refractivity contribution in [2.75, 3.05) is 14.2 Å². The molecule has 0 aliphatic carbocycles. The van der Waals surface area contributed by atoms with E-state index in [1.54, 1.807) is 7.11 Å². The molecule has 2 rings (SSSR count). The number of methoxy groups -OCH3 is 1. The Hall–Kier alpha value is -1.48. The molecule has 3 heteroatoms. The first-order valence-electron chi connectivity index (χ1n) is 6.20. The Balaban J connectivity index is 2.70. The molecule has 2 aromatic rings. The number of furan rings is 1. The average molecular weight is 247 g/mol. The van der Waals surface area contributed by atoms with Crippen LogP contribution in [-0.2, 0) is 12.0 Å². The monoisotopic (exact) mass is 247 g/mol. The van der Waals surface area contributed by atoms with Gasteiger partial charge in [-0.3, -0.25) is 0 Å². The van der Waals surface area contributed by atoms with Crippen LogP contribution >= 0.6 is 0 Å². The lowest BCUT2D eigenvalue weighted by Gasteiger charge is -2.20. The van der Waals surface area contributed by atoms with Gasteiger partial charge in [0, 0.05) is 23.1 Å². The normalized spacial score (nSPS) is 12.1. The van der Waals surface area contributed by atoms with E-state index in [0.29, 0.717) is 0 Å². The van der Waals surface area contributed by atoms with E-state index in [1.807, 2.05) is 19.4 Å². The van der Waals surface area contributed by atoms with Gasteiger partial charge in [0.05, 0.1) is 13.4 Å². The molecule has 1 aromatic carbocycles. The average Bonchev–Trinajstić information content (AvgIpc) is 2.70. The first-order chi connectivity index (χ1) is 8.47. The van der Waals surface area contributed by atoms with Crippen molar-refractivity contribution in [2.24, 2.45) is 0 Å². The second-order valence-corrected chi connectivity index (χ2v) is 5.59. The molecule has 0 fully saturated rings. The summed E-state index contributed by atoms with van der Waals surface area (Å²) < 4.78 is 11.2. The Morgan fingerprint density at radius 2 is 2.00 bits per heavy atom. The van der Waals surface area contributed by atoms with Gasteiger partial charge < -0.3 is 14.5 Å². The summed E-state index contributed by atoms with van der Waals surface area (Å²) in [4.78, 5) is 0. The van der Waals surface area contributed by atoms with Gasteiger partial charge in [-0.25, -0.2) is 0 Å². The van der Waals surface area contributed by atoms with Gasteiger partial charge in [0.2, 0.25) is 0 Å². The quantitative estimate of drug-likeness (QED) is 0.902. The summed E-state index contributed by atoms with van der Waals surface area (Å²) in [7, 11) is 3.63. The molecule has 0 atom stereocenters. The molecule has 3 nitrogen and oxygen atoms in total. The molecule has 0 radical (unpaired) electrons. The predicted molar refractivity (Wildman–Crippen MR) is 74.2 cm³/mol. The van der Waals surface area contributed by atoms with Gasteiger partial charge in [-0.2, -0.15) is 0 Å². The summed E-state index contributed by atoms with van der Waals surface area (Å²) in [6, 6.07) is 4.11. The maximum atomic E-state index is 5.76. The fourth-order valence-corrected chi connectivity index (χ4v) is 2.16. The van der Waals surface area contributed by atoms with Gasteiger partial charge in [0.1, 0.15) is 11.3 Å². The van der Waals surface area contributed by atoms with E-state index >= 15 is 0 Å². The number of nitrogens with one attached hydrogen (secondary N) is 1. The number of fused-ring (bicyclic) bond motifs is 1. The fourth-order valence-electron chi connectivity index (χ4n) is 2.16. The van der Waals surface area contributed by atoms with E-state index in [0.717, 1.165) is 28.8 Å². The van der Waals surface area contributed by atoms with Crippen molar-refractivity contribution < 1.29 is 9.15 Å². The number of rotatable bonds is 3.